The molecule has 4 rings (SSSR count). The van der Waals surface area contributed by atoms with Gasteiger partial charge in [-0.3, -0.25) is 19.0 Å². The minimum absolute atomic E-state index is 0.0137. The Bertz CT molecular complexity index is 1120. The molecule has 144 valence electrons. The van der Waals surface area contributed by atoms with E-state index in [0.29, 0.717) is 42.1 Å². The zero-order valence-corrected chi connectivity index (χ0v) is 16.2. The van der Waals surface area contributed by atoms with E-state index in [1.165, 1.54) is 29.2 Å². The summed E-state index contributed by atoms with van der Waals surface area (Å²) >= 11 is 1.40. The maximum absolute atomic E-state index is 12.6. The van der Waals surface area contributed by atoms with Crippen LogP contribution in [0.15, 0.2) is 35.4 Å². The first kappa shape index (κ1) is 18.3. The molecule has 0 spiro atoms. The lowest BCUT2D eigenvalue weighted by atomic mass is 10.1. The van der Waals surface area contributed by atoms with E-state index in [1.54, 1.807) is 23.1 Å². The van der Waals surface area contributed by atoms with Gasteiger partial charge in [0.1, 0.15) is 0 Å². The molecule has 0 saturated heterocycles. The molecule has 0 unspecified atom stereocenters. The molecule has 1 aromatic carbocycles. The van der Waals surface area contributed by atoms with Crippen LogP contribution in [0.5, 0.6) is 0 Å². The summed E-state index contributed by atoms with van der Waals surface area (Å²) < 4.78 is 1.48. The Morgan fingerprint density at radius 3 is 2.93 bits per heavy atom. The third kappa shape index (κ3) is 3.65. The first-order valence-electron chi connectivity index (χ1n) is 8.99. The van der Waals surface area contributed by atoms with Crippen molar-refractivity contribution in [1.82, 2.24) is 19.4 Å². The van der Waals surface area contributed by atoms with Crippen LogP contribution in [0, 0.1) is 0 Å². The number of anilines is 1. The second-order valence-corrected chi connectivity index (χ2v) is 7.73. The van der Waals surface area contributed by atoms with Crippen molar-refractivity contribution in [3.63, 3.8) is 0 Å². The van der Waals surface area contributed by atoms with Crippen molar-refractivity contribution in [2.75, 3.05) is 11.9 Å². The van der Waals surface area contributed by atoms with Crippen LogP contribution in [0.2, 0.25) is 0 Å². The molecule has 1 aliphatic rings. The van der Waals surface area contributed by atoms with Crippen molar-refractivity contribution in [3.8, 4) is 0 Å². The molecular formula is C19H19N5O3S. The number of thiazole rings is 1. The smallest absolute Gasteiger partial charge is 0.261 e. The van der Waals surface area contributed by atoms with Crippen LogP contribution in [0.4, 0.5) is 5.13 Å². The number of aromatic nitrogens is 3. The van der Waals surface area contributed by atoms with Crippen LogP contribution < -0.4 is 10.9 Å². The summed E-state index contributed by atoms with van der Waals surface area (Å²) in [5.74, 6) is -0.173. The number of fused-ring (bicyclic) bond motifs is 2. The Hall–Kier alpha value is -3.07. The van der Waals surface area contributed by atoms with Crippen LogP contribution in [0.3, 0.4) is 0 Å². The number of carbonyl (C=O) groups excluding carboxylic acids is 2. The third-order valence-electron chi connectivity index (χ3n) is 4.67. The molecule has 1 N–H and O–H groups in total. The van der Waals surface area contributed by atoms with Crippen LogP contribution >= 0.6 is 11.3 Å². The second-order valence-electron chi connectivity index (χ2n) is 6.65. The fourth-order valence-corrected chi connectivity index (χ4v) is 4.32. The molecule has 3 aromatic rings. The van der Waals surface area contributed by atoms with Crippen LogP contribution in [0.1, 0.15) is 23.9 Å². The number of carbonyl (C=O) groups is 2. The summed E-state index contributed by atoms with van der Waals surface area (Å²) in [7, 11) is 0. The predicted octanol–water partition coefficient (Wildman–Crippen LogP) is 1.79. The summed E-state index contributed by atoms with van der Waals surface area (Å²) in [6.45, 7) is 2.80. The minimum atomic E-state index is -0.159. The summed E-state index contributed by atoms with van der Waals surface area (Å²) in [5, 5.41) is 3.81. The van der Waals surface area contributed by atoms with E-state index >= 15 is 0 Å². The summed E-state index contributed by atoms with van der Waals surface area (Å²) in [6, 6.07) is 7.17. The van der Waals surface area contributed by atoms with Gasteiger partial charge in [-0.1, -0.05) is 23.5 Å². The van der Waals surface area contributed by atoms with Gasteiger partial charge < -0.3 is 10.2 Å². The largest absolute Gasteiger partial charge is 0.337 e. The highest BCUT2D eigenvalue weighted by atomic mass is 32.1. The highest BCUT2D eigenvalue weighted by Gasteiger charge is 2.24. The van der Waals surface area contributed by atoms with E-state index in [-0.39, 0.29) is 23.8 Å². The molecule has 9 heteroatoms. The van der Waals surface area contributed by atoms with E-state index in [0.717, 1.165) is 10.6 Å². The molecule has 1 aliphatic heterocycles. The van der Waals surface area contributed by atoms with Crippen molar-refractivity contribution in [3.05, 3.63) is 51.5 Å². The van der Waals surface area contributed by atoms with Crippen molar-refractivity contribution in [2.24, 2.45) is 0 Å². The molecule has 8 nitrogen and oxygen atoms in total. The van der Waals surface area contributed by atoms with Gasteiger partial charge in [-0.05, 0) is 12.1 Å². The number of para-hydroxylation sites is 1. The molecule has 0 atom stereocenters. The van der Waals surface area contributed by atoms with Crippen molar-refractivity contribution >= 4 is 39.2 Å². The molecule has 2 amide bonds. The normalized spacial score (nSPS) is 13.4. The number of amides is 2. The Morgan fingerprint density at radius 2 is 2.11 bits per heavy atom. The topological polar surface area (TPSA) is 97.2 Å². The van der Waals surface area contributed by atoms with Gasteiger partial charge >= 0.3 is 0 Å². The van der Waals surface area contributed by atoms with Crippen molar-refractivity contribution < 1.29 is 9.59 Å². The molecule has 0 radical (unpaired) electrons. The van der Waals surface area contributed by atoms with Gasteiger partial charge in [-0.15, -0.1) is 0 Å². The zero-order chi connectivity index (χ0) is 19.7. The van der Waals surface area contributed by atoms with Gasteiger partial charge in [-0.25, -0.2) is 9.97 Å². The summed E-state index contributed by atoms with van der Waals surface area (Å²) in [6.07, 6.45) is 2.39. The average molecular weight is 397 g/mol. The fraction of sp³-hybridized carbons (Fsp3) is 0.316. The Labute approximate surface area is 164 Å². The third-order valence-corrected chi connectivity index (χ3v) is 5.66. The van der Waals surface area contributed by atoms with E-state index < -0.39 is 0 Å². The highest BCUT2D eigenvalue weighted by molar-refractivity contribution is 7.15. The second kappa shape index (κ2) is 7.51. The first-order valence-corrected chi connectivity index (χ1v) is 9.81. The molecule has 28 heavy (non-hydrogen) atoms. The average Bonchev–Trinajstić information content (AvgIpc) is 3.08. The number of nitrogens with one attached hydrogen (secondary N) is 1. The van der Waals surface area contributed by atoms with Crippen molar-refractivity contribution in [2.45, 2.75) is 32.9 Å². The lowest BCUT2D eigenvalue weighted by molar-refractivity contribution is -0.132. The maximum Gasteiger partial charge on any atom is 0.261 e. The molecule has 0 fully saturated rings. The molecule has 0 saturated carbocycles. The predicted molar refractivity (Wildman–Crippen MR) is 106 cm³/mol. The van der Waals surface area contributed by atoms with Gasteiger partial charge in [0.2, 0.25) is 11.8 Å². The lowest BCUT2D eigenvalue weighted by Gasteiger charge is -2.26. The number of benzene rings is 1. The Morgan fingerprint density at radius 1 is 1.29 bits per heavy atom. The van der Waals surface area contributed by atoms with E-state index in [9.17, 15) is 14.4 Å². The number of nitrogens with zero attached hydrogens (tertiary/aromatic N) is 4. The van der Waals surface area contributed by atoms with E-state index in [4.69, 9.17) is 0 Å². The van der Waals surface area contributed by atoms with Crippen molar-refractivity contribution in [1.29, 1.82) is 0 Å². The first-order chi connectivity index (χ1) is 13.5. The molecule has 3 heterocycles. The summed E-state index contributed by atoms with van der Waals surface area (Å²) in [5.41, 5.74) is 1.45. The maximum atomic E-state index is 12.6. The Kier molecular flexibility index (Phi) is 4.91. The standard InChI is InChI=1S/C19H19N5O3S/c1-12(25)21-19-22-15-6-8-23(10-16(15)28-19)17(26)7-9-24-11-20-14-5-3-2-4-13(14)18(24)27/h2-5,11H,6-10H2,1H3,(H,21,22,25). The zero-order valence-electron chi connectivity index (χ0n) is 15.3. The number of aryl methyl sites for hydroxylation is 1. The molecule has 2 aromatic heterocycles. The van der Waals surface area contributed by atoms with Gasteiger partial charge in [0.25, 0.3) is 5.56 Å². The van der Waals surface area contributed by atoms with Gasteiger partial charge in [-0.2, -0.15) is 0 Å². The quantitative estimate of drug-likeness (QED) is 0.724. The fourth-order valence-electron chi connectivity index (χ4n) is 3.25. The molecular weight excluding hydrogens is 378 g/mol. The highest BCUT2D eigenvalue weighted by Crippen LogP contribution is 2.28. The monoisotopic (exact) mass is 397 g/mol. The SMILES string of the molecule is CC(=O)Nc1nc2c(s1)CN(C(=O)CCn1cnc3ccccc3c1=O)CC2. The minimum Gasteiger partial charge on any atom is -0.337 e. The lowest BCUT2D eigenvalue weighted by Crippen LogP contribution is -2.36. The Balaban J connectivity index is 1.42. The van der Waals surface area contributed by atoms with Crippen LogP contribution in [-0.2, 0) is 29.1 Å². The van der Waals surface area contributed by atoms with E-state index in [2.05, 4.69) is 15.3 Å². The molecule has 0 bridgehead atoms. The van der Waals surface area contributed by atoms with Gasteiger partial charge in [0, 0.05) is 37.7 Å². The van der Waals surface area contributed by atoms with Crippen LogP contribution in [-0.4, -0.2) is 37.8 Å². The number of hydrogen-bond acceptors (Lipinski definition) is 6. The van der Waals surface area contributed by atoms with Crippen LogP contribution in [0.25, 0.3) is 10.9 Å². The van der Waals surface area contributed by atoms with Gasteiger partial charge in [0.15, 0.2) is 5.13 Å². The number of rotatable bonds is 4. The number of hydrogen-bond donors (Lipinski definition) is 1. The van der Waals surface area contributed by atoms with E-state index in [1.807, 2.05) is 6.07 Å². The molecule has 0 aliphatic carbocycles. The van der Waals surface area contributed by atoms with Gasteiger partial charge in [0.05, 0.1) is 29.5 Å². The summed E-state index contributed by atoms with van der Waals surface area (Å²) in [4.78, 5) is 47.8.